The Bertz CT molecular complexity index is 1760. The summed E-state index contributed by atoms with van der Waals surface area (Å²) in [5.41, 5.74) is 4.95. The minimum atomic E-state index is -0.175. The van der Waals surface area contributed by atoms with E-state index in [0.29, 0.717) is 26.7 Å². The summed E-state index contributed by atoms with van der Waals surface area (Å²) in [6.45, 7) is 2.67. The zero-order valence-corrected chi connectivity index (χ0v) is 24.0. The molecule has 1 atom stereocenters. The molecule has 198 valence electrons. The van der Waals surface area contributed by atoms with Gasteiger partial charge in [-0.15, -0.1) is 0 Å². The summed E-state index contributed by atoms with van der Waals surface area (Å²) in [4.78, 5) is 21.3. The lowest BCUT2D eigenvalue weighted by atomic mass is 10.1. The number of amides is 1. The summed E-state index contributed by atoms with van der Waals surface area (Å²) < 4.78 is 2.18. The molecule has 0 radical (unpaired) electrons. The number of amidine groups is 1. The van der Waals surface area contributed by atoms with E-state index in [1.54, 1.807) is 4.90 Å². The van der Waals surface area contributed by atoms with Crippen molar-refractivity contribution in [3.8, 4) is 0 Å². The van der Waals surface area contributed by atoms with Gasteiger partial charge in [-0.3, -0.25) is 9.69 Å². The van der Waals surface area contributed by atoms with Crippen molar-refractivity contribution in [2.75, 3.05) is 0 Å². The molecule has 4 aromatic carbocycles. The van der Waals surface area contributed by atoms with Gasteiger partial charge in [0, 0.05) is 29.2 Å². The second-order valence-electron chi connectivity index (χ2n) is 9.58. The third kappa shape index (κ3) is 5.33. The molecule has 1 fully saturated rings. The van der Waals surface area contributed by atoms with E-state index in [1.807, 2.05) is 104 Å². The Morgan fingerprint density at radius 1 is 0.875 bits per heavy atom. The predicted molar refractivity (Wildman–Crippen MR) is 168 cm³/mol. The highest BCUT2D eigenvalue weighted by molar-refractivity contribution is 8.18. The van der Waals surface area contributed by atoms with Crippen LogP contribution in [0.5, 0.6) is 0 Å². The number of aliphatic imine (C=N–C) groups is 1. The number of hydrogen-bond donors (Lipinski definition) is 0. The van der Waals surface area contributed by atoms with Gasteiger partial charge in [0.25, 0.3) is 5.91 Å². The number of thioether (sulfide) groups is 1. The molecule has 0 spiro atoms. The number of rotatable bonds is 6. The van der Waals surface area contributed by atoms with Crippen LogP contribution in [0.2, 0.25) is 10.0 Å². The first-order valence-corrected chi connectivity index (χ1v) is 14.5. The number of carbonyl (C=O) groups excluding carboxylic acids is 1. The summed E-state index contributed by atoms with van der Waals surface area (Å²) in [6.07, 6.45) is 4.07. The molecule has 5 aromatic rings. The Labute approximate surface area is 247 Å². The molecule has 1 amide bonds. The van der Waals surface area contributed by atoms with Crippen LogP contribution in [0.15, 0.2) is 119 Å². The Hall–Kier alpha value is -3.77. The van der Waals surface area contributed by atoms with E-state index in [9.17, 15) is 4.79 Å². The van der Waals surface area contributed by atoms with Gasteiger partial charge in [0.05, 0.1) is 26.7 Å². The maximum atomic E-state index is 14.0. The molecule has 7 heteroatoms. The second kappa shape index (κ2) is 11.4. The summed E-state index contributed by atoms with van der Waals surface area (Å²) in [6, 6.07) is 33.5. The van der Waals surface area contributed by atoms with Crippen molar-refractivity contribution < 1.29 is 4.79 Å². The topological polar surface area (TPSA) is 37.6 Å². The largest absolute Gasteiger partial charge is 0.342 e. The number of fused-ring (bicyclic) bond motifs is 1. The van der Waals surface area contributed by atoms with Crippen LogP contribution in [0.4, 0.5) is 5.69 Å². The van der Waals surface area contributed by atoms with Crippen LogP contribution in [0, 0.1) is 0 Å². The van der Waals surface area contributed by atoms with Crippen molar-refractivity contribution >= 4 is 68.7 Å². The maximum Gasteiger partial charge on any atom is 0.267 e. The minimum absolute atomic E-state index is 0.0580. The van der Waals surface area contributed by atoms with Crippen LogP contribution in [-0.4, -0.2) is 20.5 Å². The molecule has 0 aliphatic carbocycles. The Morgan fingerprint density at radius 2 is 1.57 bits per heavy atom. The van der Waals surface area contributed by atoms with Gasteiger partial charge in [-0.05, 0) is 66.2 Å². The molecule has 1 aliphatic heterocycles. The molecule has 4 nitrogen and oxygen atoms in total. The van der Waals surface area contributed by atoms with Crippen LogP contribution in [0.1, 0.15) is 29.7 Å². The smallest absolute Gasteiger partial charge is 0.267 e. The molecule has 0 bridgehead atoms. The monoisotopic (exact) mass is 581 g/mol. The van der Waals surface area contributed by atoms with Gasteiger partial charge in [0.2, 0.25) is 0 Å². The first-order valence-electron chi connectivity index (χ1n) is 12.9. The van der Waals surface area contributed by atoms with Gasteiger partial charge in [0.15, 0.2) is 5.17 Å². The lowest BCUT2D eigenvalue weighted by molar-refractivity contribution is -0.123. The molecule has 1 saturated heterocycles. The van der Waals surface area contributed by atoms with E-state index < -0.39 is 0 Å². The standard InChI is InChI=1S/C33H25Cl2N3OS/c1-22(24-10-4-2-5-11-24)38-32(39)31(40-33(38)36-26-12-6-3-7-13-26)19-25-21-37(30-15-9-8-14-27(25)30)20-23-16-17-28(34)29(35)18-23/h2-19,21-22H,20H2,1H3/b31-19+,36-33?/t22-/m0/s1. The molecule has 6 rings (SSSR count). The molecular formula is C33H25Cl2N3OS. The van der Waals surface area contributed by atoms with E-state index in [-0.39, 0.29) is 11.9 Å². The summed E-state index contributed by atoms with van der Waals surface area (Å²) in [5, 5.41) is 2.80. The molecule has 2 heterocycles. The molecule has 0 unspecified atom stereocenters. The molecule has 40 heavy (non-hydrogen) atoms. The molecule has 1 aliphatic rings. The van der Waals surface area contributed by atoms with E-state index >= 15 is 0 Å². The number of hydrogen-bond acceptors (Lipinski definition) is 3. The highest BCUT2D eigenvalue weighted by Gasteiger charge is 2.37. The van der Waals surface area contributed by atoms with E-state index in [0.717, 1.165) is 33.3 Å². The van der Waals surface area contributed by atoms with Gasteiger partial charge in [-0.2, -0.15) is 0 Å². The first-order chi connectivity index (χ1) is 19.5. The zero-order valence-electron chi connectivity index (χ0n) is 21.7. The van der Waals surface area contributed by atoms with Crippen molar-refractivity contribution in [3.63, 3.8) is 0 Å². The van der Waals surface area contributed by atoms with Crippen molar-refractivity contribution in [3.05, 3.63) is 141 Å². The van der Waals surface area contributed by atoms with Gasteiger partial charge in [-0.1, -0.05) is 96.0 Å². The van der Waals surface area contributed by atoms with Gasteiger partial charge in [0.1, 0.15) is 0 Å². The number of aromatic nitrogens is 1. The van der Waals surface area contributed by atoms with E-state index in [4.69, 9.17) is 28.2 Å². The zero-order chi connectivity index (χ0) is 27.6. The number of carbonyl (C=O) groups is 1. The molecule has 1 aromatic heterocycles. The lowest BCUT2D eigenvalue weighted by Gasteiger charge is -2.24. The second-order valence-corrected chi connectivity index (χ2v) is 11.4. The number of para-hydroxylation sites is 2. The third-order valence-electron chi connectivity index (χ3n) is 6.93. The van der Waals surface area contributed by atoms with Crippen LogP contribution in [0.3, 0.4) is 0 Å². The Kier molecular flexibility index (Phi) is 7.53. The maximum absolute atomic E-state index is 14.0. The van der Waals surface area contributed by atoms with Crippen molar-refractivity contribution in [1.82, 2.24) is 9.47 Å². The average molecular weight is 583 g/mol. The fourth-order valence-corrected chi connectivity index (χ4v) is 6.28. The summed E-state index contributed by atoms with van der Waals surface area (Å²) in [5.74, 6) is -0.0580. The van der Waals surface area contributed by atoms with Gasteiger partial charge in [-0.25, -0.2) is 4.99 Å². The van der Waals surface area contributed by atoms with Crippen LogP contribution >= 0.6 is 35.0 Å². The highest BCUT2D eigenvalue weighted by Crippen LogP contribution is 2.40. The van der Waals surface area contributed by atoms with E-state index in [1.165, 1.54) is 11.8 Å². The number of benzene rings is 4. The van der Waals surface area contributed by atoms with Crippen LogP contribution < -0.4 is 0 Å². The quantitative estimate of drug-likeness (QED) is 0.187. The fraction of sp³-hybridized carbons (Fsp3) is 0.0909. The van der Waals surface area contributed by atoms with Crippen molar-refractivity contribution in [2.24, 2.45) is 4.99 Å². The lowest BCUT2D eigenvalue weighted by Crippen LogP contribution is -2.32. The van der Waals surface area contributed by atoms with E-state index in [2.05, 4.69) is 22.9 Å². The molecular weight excluding hydrogens is 557 g/mol. The van der Waals surface area contributed by atoms with Crippen molar-refractivity contribution in [1.29, 1.82) is 0 Å². The third-order valence-corrected chi connectivity index (χ3v) is 8.65. The Balaban J connectivity index is 1.40. The molecule has 0 N–H and O–H groups in total. The number of nitrogens with zero attached hydrogens (tertiary/aromatic N) is 3. The van der Waals surface area contributed by atoms with Crippen molar-refractivity contribution in [2.45, 2.75) is 19.5 Å². The first kappa shape index (κ1) is 26.5. The summed E-state index contributed by atoms with van der Waals surface area (Å²) in [7, 11) is 0. The fourth-order valence-electron chi connectivity index (χ4n) is 4.90. The highest BCUT2D eigenvalue weighted by atomic mass is 35.5. The normalized spacial score (nSPS) is 16.4. The predicted octanol–water partition coefficient (Wildman–Crippen LogP) is 9.36. The minimum Gasteiger partial charge on any atom is -0.342 e. The van der Waals surface area contributed by atoms with Gasteiger partial charge >= 0.3 is 0 Å². The molecule has 0 saturated carbocycles. The summed E-state index contributed by atoms with van der Waals surface area (Å²) >= 11 is 13.8. The van der Waals surface area contributed by atoms with Gasteiger partial charge < -0.3 is 4.57 Å². The average Bonchev–Trinajstić information content (AvgIpc) is 3.47. The van der Waals surface area contributed by atoms with Crippen LogP contribution in [0.25, 0.3) is 17.0 Å². The van der Waals surface area contributed by atoms with Crippen LogP contribution in [-0.2, 0) is 11.3 Å². The number of halogens is 2. The Morgan fingerprint density at radius 3 is 2.33 bits per heavy atom. The SMILES string of the molecule is C[C@@H](c1ccccc1)N1C(=O)/C(=C\c2cn(Cc3ccc(Cl)c(Cl)c3)c3ccccc23)SC1=Nc1ccccc1.